The van der Waals surface area contributed by atoms with Gasteiger partial charge in [-0.05, 0) is 29.8 Å². The second-order valence-corrected chi connectivity index (χ2v) is 5.75. The van der Waals surface area contributed by atoms with E-state index in [-0.39, 0.29) is 12.5 Å². The summed E-state index contributed by atoms with van der Waals surface area (Å²) in [6, 6.07) is 10.3. The maximum atomic E-state index is 12.8. The van der Waals surface area contributed by atoms with E-state index in [2.05, 4.69) is 20.5 Å². The minimum absolute atomic E-state index is 0.109. The summed E-state index contributed by atoms with van der Waals surface area (Å²) in [5.41, 5.74) is 0.789. The summed E-state index contributed by atoms with van der Waals surface area (Å²) in [6.07, 6.45) is -2.94. The fourth-order valence-electron chi connectivity index (χ4n) is 2.64. The van der Waals surface area contributed by atoms with Crippen LogP contribution in [0.3, 0.4) is 0 Å². The standard InChI is InChI=1S/C19H17F3N4O2/c1-27-15-7-4-8-16(28-2)17(15)14-11-24-26-18(25-14)23-10-12-5-3-6-13(9-12)19(20,21)22/h3-9,11H,10H2,1-2H3,(H,23,25,26). The van der Waals surface area contributed by atoms with Crippen molar-refractivity contribution in [3.8, 4) is 22.8 Å². The normalized spacial score (nSPS) is 11.2. The first kappa shape index (κ1) is 19.4. The van der Waals surface area contributed by atoms with E-state index < -0.39 is 11.7 Å². The molecular formula is C19H17F3N4O2. The van der Waals surface area contributed by atoms with Crippen molar-refractivity contribution in [2.24, 2.45) is 0 Å². The predicted molar refractivity (Wildman–Crippen MR) is 97.1 cm³/mol. The molecule has 0 aliphatic heterocycles. The first-order valence-electron chi connectivity index (χ1n) is 8.23. The number of ether oxygens (including phenoxy) is 2. The van der Waals surface area contributed by atoms with Gasteiger partial charge in [-0.3, -0.25) is 0 Å². The molecule has 0 amide bonds. The Hall–Kier alpha value is -3.36. The fraction of sp³-hybridized carbons (Fsp3) is 0.211. The molecule has 0 aliphatic rings. The molecule has 0 saturated carbocycles. The van der Waals surface area contributed by atoms with E-state index in [1.807, 2.05) is 0 Å². The highest BCUT2D eigenvalue weighted by molar-refractivity contribution is 5.74. The molecule has 0 atom stereocenters. The van der Waals surface area contributed by atoms with Crippen molar-refractivity contribution in [3.63, 3.8) is 0 Å². The minimum atomic E-state index is -4.39. The molecule has 6 nitrogen and oxygen atoms in total. The van der Waals surface area contributed by atoms with Crippen molar-refractivity contribution < 1.29 is 22.6 Å². The molecule has 0 fully saturated rings. The third-order valence-corrected chi connectivity index (χ3v) is 3.95. The summed E-state index contributed by atoms with van der Waals surface area (Å²) in [4.78, 5) is 4.38. The number of nitrogens with one attached hydrogen (secondary N) is 1. The lowest BCUT2D eigenvalue weighted by molar-refractivity contribution is -0.137. The van der Waals surface area contributed by atoms with Crippen LogP contribution < -0.4 is 14.8 Å². The molecule has 0 saturated heterocycles. The van der Waals surface area contributed by atoms with Gasteiger partial charge in [0, 0.05) is 6.54 Å². The molecule has 0 radical (unpaired) electrons. The number of hydrogen-bond donors (Lipinski definition) is 1. The number of nitrogens with zero attached hydrogens (tertiary/aromatic N) is 3. The maximum Gasteiger partial charge on any atom is 0.416 e. The Morgan fingerprint density at radius 1 is 1.00 bits per heavy atom. The summed E-state index contributed by atoms with van der Waals surface area (Å²) in [5, 5.41) is 10.7. The zero-order chi connectivity index (χ0) is 20.1. The Morgan fingerprint density at radius 2 is 1.68 bits per heavy atom. The van der Waals surface area contributed by atoms with E-state index in [0.717, 1.165) is 12.1 Å². The highest BCUT2D eigenvalue weighted by Gasteiger charge is 2.30. The van der Waals surface area contributed by atoms with Gasteiger partial charge in [0.2, 0.25) is 5.95 Å². The second-order valence-electron chi connectivity index (χ2n) is 5.75. The Balaban J connectivity index is 1.84. The molecule has 3 aromatic rings. The Kier molecular flexibility index (Phi) is 5.62. The van der Waals surface area contributed by atoms with Crippen LogP contribution in [0.2, 0.25) is 0 Å². The Morgan fingerprint density at radius 3 is 2.32 bits per heavy atom. The van der Waals surface area contributed by atoms with Gasteiger partial charge in [-0.25, -0.2) is 4.98 Å². The molecule has 3 rings (SSSR count). The van der Waals surface area contributed by atoms with Crippen molar-refractivity contribution in [1.29, 1.82) is 0 Å². The lowest BCUT2D eigenvalue weighted by Crippen LogP contribution is -2.08. The summed E-state index contributed by atoms with van der Waals surface area (Å²) in [7, 11) is 3.05. The van der Waals surface area contributed by atoms with E-state index in [4.69, 9.17) is 9.47 Å². The average Bonchev–Trinajstić information content (AvgIpc) is 2.71. The van der Waals surface area contributed by atoms with E-state index in [0.29, 0.717) is 28.3 Å². The second kappa shape index (κ2) is 8.12. The zero-order valence-electron chi connectivity index (χ0n) is 15.1. The van der Waals surface area contributed by atoms with E-state index >= 15 is 0 Å². The van der Waals surface area contributed by atoms with E-state index in [9.17, 15) is 13.2 Å². The van der Waals surface area contributed by atoms with Crippen molar-refractivity contribution >= 4 is 5.95 Å². The largest absolute Gasteiger partial charge is 0.496 e. The lowest BCUT2D eigenvalue weighted by atomic mass is 10.1. The highest BCUT2D eigenvalue weighted by Crippen LogP contribution is 2.37. The molecule has 2 aromatic carbocycles. The van der Waals surface area contributed by atoms with Gasteiger partial charge < -0.3 is 14.8 Å². The van der Waals surface area contributed by atoms with Crippen LogP contribution in [0.5, 0.6) is 11.5 Å². The summed E-state index contributed by atoms with van der Waals surface area (Å²) >= 11 is 0. The Labute approximate surface area is 159 Å². The van der Waals surface area contributed by atoms with Crippen LogP contribution in [-0.4, -0.2) is 29.4 Å². The van der Waals surface area contributed by atoms with Crippen LogP contribution >= 0.6 is 0 Å². The third kappa shape index (κ3) is 4.30. The molecule has 1 aromatic heterocycles. The Bertz CT molecular complexity index is 942. The molecule has 0 aliphatic carbocycles. The van der Waals surface area contributed by atoms with Gasteiger partial charge in [0.25, 0.3) is 0 Å². The molecule has 28 heavy (non-hydrogen) atoms. The van der Waals surface area contributed by atoms with Crippen LogP contribution in [0.1, 0.15) is 11.1 Å². The third-order valence-electron chi connectivity index (χ3n) is 3.95. The van der Waals surface area contributed by atoms with Gasteiger partial charge in [-0.2, -0.15) is 18.3 Å². The van der Waals surface area contributed by atoms with Crippen molar-refractivity contribution in [1.82, 2.24) is 15.2 Å². The number of hydrogen-bond acceptors (Lipinski definition) is 6. The van der Waals surface area contributed by atoms with Crippen molar-refractivity contribution in [2.45, 2.75) is 12.7 Å². The smallest absolute Gasteiger partial charge is 0.416 e. The topological polar surface area (TPSA) is 69.2 Å². The summed E-state index contributed by atoms with van der Waals surface area (Å²) < 4.78 is 49.2. The molecule has 0 bridgehead atoms. The molecular weight excluding hydrogens is 373 g/mol. The SMILES string of the molecule is COc1cccc(OC)c1-c1cnnc(NCc2cccc(C(F)(F)F)c2)n1. The first-order chi connectivity index (χ1) is 13.4. The molecule has 1 N–H and O–H groups in total. The fourth-order valence-corrected chi connectivity index (χ4v) is 2.64. The average molecular weight is 390 g/mol. The van der Waals surface area contributed by atoms with Crippen LogP contribution in [0.4, 0.5) is 19.1 Å². The zero-order valence-corrected chi connectivity index (χ0v) is 15.1. The van der Waals surface area contributed by atoms with Gasteiger partial charge in [0.1, 0.15) is 17.2 Å². The lowest BCUT2D eigenvalue weighted by Gasteiger charge is -2.13. The van der Waals surface area contributed by atoms with Gasteiger partial charge in [0.05, 0.1) is 31.5 Å². The minimum Gasteiger partial charge on any atom is -0.496 e. The number of rotatable bonds is 6. The van der Waals surface area contributed by atoms with Crippen LogP contribution in [-0.2, 0) is 12.7 Å². The number of benzene rings is 2. The van der Waals surface area contributed by atoms with Crippen molar-refractivity contribution in [3.05, 3.63) is 59.8 Å². The number of anilines is 1. The number of aromatic nitrogens is 3. The molecule has 9 heteroatoms. The predicted octanol–water partition coefficient (Wildman–Crippen LogP) is 4.19. The molecule has 0 unspecified atom stereocenters. The van der Waals surface area contributed by atoms with Gasteiger partial charge in [-0.1, -0.05) is 18.2 Å². The maximum absolute atomic E-state index is 12.8. The van der Waals surface area contributed by atoms with Crippen LogP contribution in [0.15, 0.2) is 48.7 Å². The van der Waals surface area contributed by atoms with Crippen LogP contribution in [0, 0.1) is 0 Å². The van der Waals surface area contributed by atoms with Crippen LogP contribution in [0.25, 0.3) is 11.3 Å². The van der Waals surface area contributed by atoms with E-state index in [1.165, 1.54) is 26.5 Å². The number of methoxy groups -OCH3 is 2. The molecule has 146 valence electrons. The molecule has 0 spiro atoms. The van der Waals surface area contributed by atoms with Gasteiger partial charge in [-0.15, -0.1) is 5.10 Å². The summed E-state index contributed by atoms with van der Waals surface area (Å²) in [6.45, 7) is 0.109. The highest BCUT2D eigenvalue weighted by atomic mass is 19.4. The monoisotopic (exact) mass is 390 g/mol. The number of alkyl halides is 3. The summed E-state index contributed by atoms with van der Waals surface area (Å²) in [5.74, 6) is 1.26. The first-order valence-corrected chi connectivity index (χ1v) is 8.23. The quantitative estimate of drug-likeness (QED) is 0.681. The van der Waals surface area contributed by atoms with E-state index in [1.54, 1.807) is 24.3 Å². The number of halogens is 3. The van der Waals surface area contributed by atoms with Crippen molar-refractivity contribution in [2.75, 3.05) is 19.5 Å². The molecule has 1 heterocycles. The van der Waals surface area contributed by atoms with Gasteiger partial charge in [0.15, 0.2) is 0 Å². The van der Waals surface area contributed by atoms with Gasteiger partial charge >= 0.3 is 6.18 Å².